The van der Waals surface area contributed by atoms with Crippen molar-refractivity contribution in [1.82, 2.24) is 5.32 Å². The smallest absolute Gasteiger partial charge is 0.396 e. The zero-order valence-electron chi connectivity index (χ0n) is 17.5. The van der Waals surface area contributed by atoms with E-state index in [1.807, 2.05) is 42.5 Å². The lowest BCUT2D eigenvalue weighted by Gasteiger charge is -2.21. The van der Waals surface area contributed by atoms with E-state index in [9.17, 15) is 19.5 Å². The zero-order valence-corrected chi connectivity index (χ0v) is 18.2. The third-order valence-electron chi connectivity index (χ3n) is 4.46. The minimum atomic E-state index is -1.43. The first kappa shape index (κ1) is 24.4. The van der Waals surface area contributed by atoms with Gasteiger partial charge in [-0.05, 0) is 49.1 Å². The van der Waals surface area contributed by atoms with Crippen molar-refractivity contribution in [1.29, 1.82) is 0 Å². The number of aliphatic hydroxyl groups excluding tert-OH is 1. The maximum absolute atomic E-state index is 12.1. The van der Waals surface area contributed by atoms with E-state index in [2.05, 4.69) is 5.32 Å². The maximum Gasteiger partial charge on any atom is 0.396 e. The fourth-order valence-electron chi connectivity index (χ4n) is 3.02. The molecule has 0 saturated heterocycles. The van der Waals surface area contributed by atoms with Gasteiger partial charge in [-0.2, -0.15) is 0 Å². The van der Waals surface area contributed by atoms with Crippen LogP contribution >= 0.6 is 11.6 Å². The number of hydrogen-bond donors (Lipinski definition) is 2. The maximum atomic E-state index is 12.1. The standard InChI is InChI=1S/C23H26ClNO6/c1-3-30-22(28)20(26)14-19(25-21(27)23(29)31-4-2)12-15-8-10-16(11-9-15)17-6-5-7-18(24)13-17/h5-11,13,19-20,26H,3-4,12,14H2,1-2H3,(H,25,27). The Morgan fingerprint density at radius 2 is 1.68 bits per heavy atom. The molecule has 2 N–H and O–H groups in total. The lowest BCUT2D eigenvalue weighted by Crippen LogP contribution is -2.44. The van der Waals surface area contributed by atoms with Crippen molar-refractivity contribution in [3.8, 4) is 11.1 Å². The second kappa shape index (κ2) is 12.1. The van der Waals surface area contributed by atoms with E-state index < -0.39 is 30.0 Å². The number of rotatable bonds is 9. The second-order valence-corrected chi connectivity index (χ2v) is 7.24. The number of esters is 2. The van der Waals surface area contributed by atoms with Crippen LogP contribution in [0.4, 0.5) is 0 Å². The van der Waals surface area contributed by atoms with E-state index in [0.717, 1.165) is 16.7 Å². The number of nitrogens with one attached hydrogen (secondary N) is 1. The van der Waals surface area contributed by atoms with Crippen molar-refractivity contribution < 1.29 is 29.0 Å². The first-order valence-corrected chi connectivity index (χ1v) is 10.4. The Hall–Kier alpha value is -2.90. The third kappa shape index (κ3) is 7.70. The number of aliphatic hydroxyl groups is 1. The van der Waals surface area contributed by atoms with Crippen molar-refractivity contribution in [2.45, 2.75) is 38.8 Å². The van der Waals surface area contributed by atoms with Crippen molar-refractivity contribution in [2.24, 2.45) is 0 Å². The van der Waals surface area contributed by atoms with E-state index in [-0.39, 0.29) is 26.1 Å². The first-order valence-electron chi connectivity index (χ1n) is 10.0. The fourth-order valence-corrected chi connectivity index (χ4v) is 3.21. The highest BCUT2D eigenvalue weighted by molar-refractivity contribution is 6.32. The Morgan fingerprint density at radius 3 is 2.29 bits per heavy atom. The summed E-state index contributed by atoms with van der Waals surface area (Å²) in [5.41, 5.74) is 2.77. The van der Waals surface area contributed by atoms with Gasteiger partial charge in [0.2, 0.25) is 0 Å². The minimum absolute atomic E-state index is 0.0628. The summed E-state index contributed by atoms with van der Waals surface area (Å²) in [6.07, 6.45) is -1.25. The Kier molecular flexibility index (Phi) is 9.49. The molecule has 0 saturated carbocycles. The molecule has 2 aromatic carbocycles. The molecule has 2 rings (SSSR count). The highest BCUT2D eigenvalue weighted by atomic mass is 35.5. The Morgan fingerprint density at radius 1 is 1.00 bits per heavy atom. The molecule has 2 aromatic rings. The number of hydrogen-bond acceptors (Lipinski definition) is 6. The number of amides is 1. The van der Waals surface area contributed by atoms with Crippen molar-refractivity contribution in [3.05, 3.63) is 59.1 Å². The lowest BCUT2D eigenvalue weighted by atomic mass is 9.98. The highest BCUT2D eigenvalue weighted by Crippen LogP contribution is 2.23. The molecule has 0 aliphatic rings. The van der Waals surface area contributed by atoms with Gasteiger partial charge in [0.05, 0.1) is 13.2 Å². The first-order chi connectivity index (χ1) is 14.8. The van der Waals surface area contributed by atoms with Crippen molar-refractivity contribution in [3.63, 3.8) is 0 Å². The summed E-state index contributed by atoms with van der Waals surface area (Å²) in [6, 6.07) is 14.3. The SMILES string of the molecule is CCOC(=O)C(=O)NC(Cc1ccc(-c2cccc(Cl)c2)cc1)CC(O)C(=O)OCC. The molecule has 0 aliphatic heterocycles. The molecule has 2 atom stereocenters. The predicted octanol–water partition coefficient (Wildman–Crippen LogP) is 2.91. The molecule has 0 bridgehead atoms. The van der Waals surface area contributed by atoms with Gasteiger partial charge in [-0.3, -0.25) is 4.79 Å². The van der Waals surface area contributed by atoms with Crippen molar-refractivity contribution >= 4 is 29.4 Å². The Labute approximate surface area is 186 Å². The van der Waals surface area contributed by atoms with Crippen LogP contribution in [0, 0.1) is 0 Å². The monoisotopic (exact) mass is 447 g/mol. The molecule has 0 aliphatic carbocycles. The van der Waals surface area contributed by atoms with Gasteiger partial charge in [0.15, 0.2) is 6.10 Å². The van der Waals surface area contributed by atoms with Crippen LogP contribution in [-0.2, 0) is 30.3 Å². The van der Waals surface area contributed by atoms with Gasteiger partial charge in [-0.25, -0.2) is 9.59 Å². The lowest BCUT2D eigenvalue weighted by molar-refractivity contribution is -0.155. The summed E-state index contributed by atoms with van der Waals surface area (Å²) in [5, 5.41) is 13.3. The molecular formula is C23H26ClNO6. The second-order valence-electron chi connectivity index (χ2n) is 6.81. The summed E-state index contributed by atoms with van der Waals surface area (Å²) < 4.78 is 9.52. The molecule has 1 amide bonds. The molecule has 0 heterocycles. The number of halogens is 1. The molecule has 0 spiro atoms. The van der Waals surface area contributed by atoms with Crippen LogP contribution < -0.4 is 5.32 Å². The topological polar surface area (TPSA) is 102 Å². The summed E-state index contributed by atoms with van der Waals surface area (Å²) in [4.78, 5) is 35.6. The van der Waals surface area contributed by atoms with Gasteiger partial charge >= 0.3 is 17.8 Å². The summed E-state index contributed by atoms with van der Waals surface area (Å²) in [7, 11) is 0. The van der Waals surface area contributed by atoms with Gasteiger partial charge in [0.1, 0.15) is 0 Å². The quantitative estimate of drug-likeness (QED) is 0.452. The largest absolute Gasteiger partial charge is 0.464 e. The average Bonchev–Trinajstić information content (AvgIpc) is 2.74. The summed E-state index contributed by atoms with van der Waals surface area (Å²) >= 11 is 6.05. The van der Waals surface area contributed by atoms with Crippen molar-refractivity contribution in [2.75, 3.05) is 13.2 Å². The average molecular weight is 448 g/mol. The van der Waals surface area contributed by atoms with Gasteiger partial charge < -0.3 is 19.9 Å². The van der Waals surface area contributed by atoms with Gasteiger partial charge in [0, 0.05) is 17.5 Å². The molecular weight excluding hydrogens is 422 g/mol. The van der Waals surface area contributed by atoms with Crippen LogP contribution in [0.1, 0.15) is 25.8 Å². The molecule has 0 radical (unpaired) electrons. The number of carbonyl (C=O) groups is 3. The van der Waals surface area contributed by atoms with E-state index in [1.165, 1.54) is 0 Å². The normalized spacial score (nSPS) is 12.5. The van der Waals surface area contributed by atoms with Crippen LogP contribution in [0.2, 0.25) is 5.02 Å². The van der Waals surface area contributed by atoms with E-state index in [4.69, 9.17) is 21.1 Å². The number of carbonyl (C=O) groups excluding carboxylic acids is 3. The zero-order chi connectivity index (χ0) is 22.8. The molecule has 2 unspecified atom stereocenters. The van der Waals surface area contributed by atoms with Crippen LogP contribution in [0.5, 0.6) is 0 Å². The van der Waals surface area contributed by atoms with Crippen LogP contribution in [0.25, 0.3) is 11.1 Å². The summed E-state index contributed by atoms with van der Waals surface area (Å²) in [6.45, 7) is 3.41. The van der Waals surface area contributed by atoms with Gasteiger partial charge in [-0.1, -0.05) is 48.0 Å². The Bertz CT molecular complexity index is 899. The number of benzene rings is 2. The van der Waals surface area contributed by atoms with E-state index >= 15 is 0 Å². The predicted molar refractivity (Wildman–Crippen MR) is 116 cm³/mol. The molecule has 31 heavy (non-hydrogen) atoms. The molecule has 8 heteroatoms. The molecule has 7 nitrogen and oxygen atoms in total. The van der Waals surface area contributed by atoms with E-state index in [1.54, 1.807) is 19.9 Å². The molecule has 0 fully saturated rings. The van der Waals surface area contributed by atoms with Gasteiger partial charge in [-0.15, -0.1) is 0 Å². The van der Waals surface area contributed by atoms with E-state index in [0.29, 0.717) is 5.02 Å². The van der Waals surface area contributed by atoms with Crippen LogP contribution in [0.3, 0.4) is 0 Å². The molecule has 0 aromatic heterocycles. The van der Waals surface area contributed by atoms with Crippen LogP contribution in [-0.4, -0.2) is 48.3 Å². The number of ether oxygens (including phenoxy) is 2. The van der Waals surface area contributed by atoms with Crippen LogP contribution in [0.15, 0.2) is 48.5 Å². The fraction of sp³-hybridized carbons (Fsp3) is 0.348. The minimum Gasteiger partial charge on any atom is -0.464 e. The van der Waals surface area contributed by atoms with Gasteiger partial charge in [0.25, 0.3) is 0 Å². The molecule has 166 valence electrons. The summed E-state index contributed by atoms with van der Waals surface area (Å²) in [5.74, 6) is -2.73. The highest BCUT2D eigenvalue weighted by Gasteiger charge is 2.26. The Balaban J connectivity index is 2.14. The third-order valence-corrected chi connectivity index (χ3v) is 4.69.